The molecule has 4 heteroatoms. The number of methoxy groups -OCH3 is 2. The largest absolute Gasteiger partial charge is 0.497 e. The van der Waals surface area contributed by atoms with E-state index in [-0.39, 0.29) is 18.1 Å². The molecule has 0 amide bonds. The minimum Gasteiger partial charge on any atom is -0.497 e. The van der Waals surface area contributed by atoms with Crippen LogP contribution in [0.4, 0.5) is 0 Å². The summed E-state index contributed by atoms with van der Waals surface area (Å²) in [4.78, 5) is 0. The highest BCUT2D eigenvalue weighted by atomic mass is 16.5. The fraction of sp³-hybridized carbons (Fsp3) is 0.600. The molecule has 0 heterocycles. The number of rotatable bonds is 7. The molecule has 2 atom stereocenters. The van der Waals surface area contributed by atoms with Crippen LogP contribution in [0.25, 0.3) is 0 Å². The van der Waals surface area contributed by atoms with Crippen LogP contribution in [0.5, 0.6) is 11.5 Å². The van der Waals surface area contributed by atoms with Crippen LogP contribution in [0, 0.1) is 0 Å². The molecule has 1 aromatic rings. The standard InChI is InChI=1S/C15H25NO3/c1-5-14(16)15(2,8-9-17)12-10-11(18-3)6-7-13(12)19-4/h6-7,10,14,17H,5,8-9,16H2,1-4H3. The van der Waals surface area contributed by atoms with E-state index in [9.17, 15) is 5.11 Å². The summed E-state index contributed by atoms with van der Waals surface area (Å²) in [6.07, 6.45) is 1.42. The zero-order chi connectivity index (χ0) is 14.5. The van der Waals surface area contributed by atoms with E-state index in [0.717, 1.165) is 23.5 Å². The minimum absolute atomic E-state index is 0.0549. The van der Waals surface area contributed by atoms with Crippen LogP contribution >= 0.6 is 0 Å². The van der Waals surface area contributed by atoms with Crippen molar-refractivity contribution in [2.45, 2.75) is 38.1 Å². The van der Waals surface area contributed by atoms with Crippen LogP contribution in [0.1, 0.15) is 32.3 Å². The highest BCUT2D eigenvalue weighted by molar-refractivity contribution is 5.45. The van der Waals surface area contributed by atoms with Crippen LogP contribution in [0.2, 0.25) is 0 Å². The van der Waals surface area contributed by atoms with Gasteiger partial charge >= 0.3 is 0 Å². The average Bonchev–Trinajstić information content (AvgIpc) is 2.45. The molecule has 0 saturated carbocycles. The number of benzene rings is 1. The Morgan fingerprint density at radius 2 is 2.00 bits per heavy atom. The summed E-state index contributed by atoms with van der Waals surface area (Å²) in [6, 6.07) is 5.63. The molecule has 0 aliphatic heterocycles. The third kappa shape index (κ3) is 3.19. The van der Waals surface area contributed by atoms with Gasteiger partial charge in [0.25, 0.3) is 0 Å². The Labute approximate surface area is 115 Å². The fourth-order valence-corrected chi connectivity index (χ4v) is 2.46. The molecule has 19 heavy (non-hydrogen) atoms. The van der Waals surface area contributed by atoms with Gasteiger partial charge in [0.15, 0.2) is 0 Å². The lowest BCUT2D eigenvalue weighted by atomic mass is 9.72. The molecule has 4 nitrogen and oxygen atoms in total. The Bertz CT molecular complexity index is 408. The molecular formula is C15H25NO3. The molecule has 0 bridgehead atoms. The third-order valence-corrected chi connectivity index (χ3v) is 3.91. The highest BCUT2D eigenvalue weighted by Crippen LogP contribution is 2.39. The van der Waals surface area contributed by atoms with Gasteiger partial charge in [-0.2, -0.15) is 0 Å². The van der Waals surface area contributed by atoms with Crippen molar-refractivity contribution in [3.8, 4) is 11.5 Å². The van der Waals surface area contributed by atoms with Crippen molar-refractivity contribution in [1.82, 2.24) is 0 Å². The summed E-state index contributed by atoms with van der Waals surface area (Å²) < 4.78 is 10.7. The zero-order valence-corrected chi connectivity index (χ0v) is 12.3. The Morgan fingerprint density at radius 1 is 1.32 bits per heavy atom. The van der Waals surface area contributed by atoms with E-state index in [2.05, 4.69) is 6.92 Å². The first-order valence-electron chi connectivity index (χ1n) is 6.62. The second-order valence-corrected chi connectivity index (χ2v) is 4.97. The maximum Gasteiger partial charge on any atom is 0.122 e. The van der Waals surface area contributed by atoms with Gasteiger partial charge in [0.05, 0.1) is 14.2 Å². The van der Waals surface area contributed by atoms with Crippen molar-refractivity contribution in [2.75, 3.05) is 20.8 Å². The van der Waals surface area contributed by atoms with E-state index >= 15 is 0 Å². The monoisotopic (exact) mass is 267 g/mol. The van der Waals surface area contributed by atoms with Gasteiger partial charge in [-0.3, -0.25) is 0 Å². The molecule has 2 unspecified atom stereocenters. The lowest BCUT2D eigenvalue weighted by Crippen LogP contribution is -2.43. The van der Waals surface area contributed by atoms with Gasteiger partial charge in [0.2, 0.25) is 0 Å². The number of nitrogens with two attached hydrogens (primary N) is 1. The molecule has 0 aromatic heterocycles. The van der Waals surface area contributed by atoms with Gasteiger partial charge in [0, 0.05) is 23.6 Å². The molecular weight excluding hydrogens is 242 g/mol. The van der Waals surface area contributed by atoms with Gasteiger partial charge in [-0.15, -0.1) is 0 Å². The maximum atomic E-state index is 9.37. The molecule has 1 aromatic carbocycles. The summed E-state index contributed by atoms with van der Waals surface area (Å²) in [5, 5.41) is 9.37. The van der Waals surface area contributed by atoms with E-state index in [1.807, 2.05) is 25.1 Å². The molecule has 0 aliphatic rings. The lowest BCUT2D eigenvalue weighted by Gasteiger charge is -2.36. The Balaban J connectivity index is 3.34. The van der Waals surface area contributed by atoms with Crippen LogP contribution < -0.4 is 15.2 Å². The van der Waals surface area contributed by atoms with Crippen LogP contribution in [0.3, 0.4) is 0 Å². The van der Waals surface area contributed by atoms with Gasteiger partial charge < -0.3 is 20.3 Å². The van der Waals surface area contributed by atoms with Gasteiger partial charge in [-0.1, -0.05) is 13.8 Å². The molecule has 108 valence electrons. The van der Waals surface area contributed by atoms with Crippen molar-refractivity contribution in [3.63, 3.8) is 0 Å². The molecule has 0 saturated heterocycles. The predicted octanol–water partition coefficient (Wildman–Crippen LogP) is 2.08. The first-order chi connectivity index (χ1) is 9.03. The smallest absolute Gasteiger partial charge is 0.122 e. The van der Waals surface area contributed by atoms with E-state index in [4.69, 9.17) is 15.2 Å². The number of hydrogen-bond donors (Lipinski definition) is 2. The highest BCUT2D eigenvalue weighted by Gasteiger charge is 2.35. The summed E-state index contributed by atoms with van der Waals surface area (Å²) in [6.45, 7) is 4.20. The molecule has 0 fully saturated rings. The van der Waals surface area contributed by atoms with Crippen molar-refractivity contribution in [3.05, 3.63) is 23.8 Å². The molecule has 0 aliphatic carbocycles. The predicted molar refractivity (Wildman–Crippen MR) is 76.9 cm³/mol. The van der Waals surface area contributed by atoms with E-state index < -0.39 is 0 Å². The summed E-state index contributed by atoms with van der Waals surface area (Å²) >= 11 is 0. The minimum atomic E-state index is -0.344. The second-order valence-electron chi connectivity index (χ2n) is 4.97. The first kappa shape index (κ1) is 15.8. The van der Waals surface area contributed by atoms with Crippen molar-refractivity contribution < 1.29 is 14.6 Å². The van der Waals surface area contributed by atoms with E-state index in [0.29, 0.717) is 6.42 Å². The lowest BCUT2D eigenvalue weighted by molar-refractivity contribution is 0.219. The van der Waals surface area contributed by atoms with Crippen molar-refractivity contribution >= 4 is 0 Å². The number of aliphatic hydroxyl groups excluding tert-OH is 1. The quantitative estimate of drug-likeness (QED) is 0.794. The van der Waals surface area contributed by atoms with Crippen molar-refractivity contribution in [2.24, 2.45) is 5.73 Å². The van der Waals surface area contributed by atoms with E-state index in [1.54, 1.807) is 14.2 Å². The first-order valence-corrected chi connectivity index (χ1v) is 6.62. The summed E-state index contributed by atoms with van der Waals surface area (Å²) in [5.74, 6) is 1.55. The number of aliphatic hydroxyl groups is 1. The average molecular weight is 267 g/mol. The van der Waals surface area contributed by atoms with E-state index in [1.165, 1.54) is 0 Å². The van der Waals surface area contributed by atoms with Gasteiger partial charge in [0.1, 0.15) is 11.5 Å². The maximum absolute atomic E-state index is 9.37. The second kappa shape index (κ2) is 6.78. The van der Waals surface area contributed by atoms with Crippen molar-refractivity contribution in [1.29, 1.82) is 0 Å². The molecule has 1 rings (SSSR count). The zero-order valence-electron chi connectivity index (χ0n) is 12.3. The normalized spacial score (nSPS) is 15.7. The van der Waals surface area contributed by atoms with Crippen LogP contribution in [-0.2, 0) is 5.41 Å². The molecule has 0 spiro atoms. The third-order valence-electron chi connectivity index (χ3n) is 3.91. The van der Waals surface area contributed by atoms with Gasteiger partial charge in [-0.25, -0.2) is 0 Å². The Morgan fingerprint density at radius 3 is 2.47 bits per heavy atom. The summed E-state index contributed by atoms with van der Waals surface area (Å²) in [5.41, 5.74) is 6.92. The fourth-order valence-electron chi connectivity index (χ4n) is 2.46. The summed E-state index contributed by atoms with van der Waals surface area (Å²) in [7, 11) is 3.27. The van der Waals surface area contributed by atoms with Crippen LogP contribution in [-0.4, -0.2) is 32.0 Å². The Kier molecular flexibility index (Phi) is 5.63. The number of hydrogen-bond acceptors (Lipinski definition) is 4. The SMILES string of the molecule is CCC(N)C(C)(CCO)c1cc(OC)ccc1OC. The Hall–Kier alpha value is -1.26. The van der Waals surface area contributed by atoms with Crippen LogP contribution in [0.15, 0.2) is 18.2 Å². The molecule has 0 radical (unpaired) electrons. The topological polar surface area (TPSA) is 64.7 Å². The van der Waals surface area contributed by atoms with Gasteiger partial charge in [-0.05, 0) is 31.0 Å². The molecule has 3 N–H and O–H groups in total. The number of ether oxygens (including phenoxy) is 2.